The topological polar surface area (TPSA) is 58.6 Å². The number of alkyl halides is 3. The van der Waals surface area contributed by atoms with E-state index in [0.29, 0.717) is 12.2 Å². The fourth-order valence-corrected chi connectivity index (χ4v) is 2.78. The number of likely N-dealkylation sites (N-methyl/N-ethyl adjacent to an activating group) is 1. The second-order valence-corrected chi connectivity index (χ2v) is 6.35. The largest absolute Gasteiger partial charge is 0.497 e. The van der Waals surface area contributed by atoms with Crippen molar-refractivity contribution in [3.05, 3.63) is 59.7 Å². The number of para-hydroxylation sites is 1. The third-order valence-corrected chi connectivity index (χ3v) is 4.36. The number of nitrogens with one attached hydrogen (secondary N) is 1. The number of hydrogen-bond acceptors (Lipinski definition) is 3. The van der Waals surface area contributed by atoms with Crippen LogP contribution < -0.4 is 10.1 Å². The third kappa shape index (κ3) is 6.51. The fraction of sp³-hybridized carbons (Fsp3) is 0.333. The lowest BCUT2D eigenvalue weighted by Crippen LogP contribution is -2.38. The minimum absolute atomic E-state index is 0.187. The van der Waals surface area contributed by atoms with E-state index in [9.17, 15) is 22.8 Å². The number of amides is 2. The average molecular weight is 408 g/mol. The Kier molecular flexibility index (Phi) is 7.64. The molecule has 0 fully saturated rings. The molecule has 2 rings (SSSR count). The number of anilines is 1. The van der Waals surface area contributed by atoms with Gasteiger partial charge in [-0.15, -0.1) is 0 Å². The molecule has 0 aliphatic carbocycles. The Hall–Kier alpha value is -3.03. The fourth-order valence-electron chi connectivity index (χ4n) is 2.78. The van der Waals surface area contributed by atoms with Crippen molar-refractivity contribution in [3.8, 4) is 5.75 Å². The van der Waals surface area contributed by atoms with Crippen molar-refractivity contribution in [1.29, 1.82) is 0 Å². The van der Waals surface area contributed by atoms with Crippen molar-refractivity contribution in [1.82, 2.24) is 4.90 Å². The summed E-state index contributed by atoms with van der Waals surface area (Å²) in [6.45, 7) is 1.67. The van der Waals surface area contributed by atoms with Gasteiger partial charge in [-0.25, -0.2) is 0 Å². The molecule has 2 aromatic carbocycles. The van der Waals surface area contributed by atoms with Gasteiger partial charge >= 0.3 is 6.18 Å². The van der Waals surface area contributed by atoms with Crippen LogP contribution in [-0.2, 0) is 22.2 Å². The molecule has 0 spiro atoms. The van der Waals surface area contributed by atoms with Gasteiger partial charge in [-0.05, 0) is 43.2 Å². The van der Waals surface area contributed by atoms with E-state index in [2.05, 4.69) is 5.32 Å². The molecule has 0 aromatic heterocycles. The quantitative estimate of drug-likeness (QED) is 0.715. The summed E-state index contributed by atoms with van der Waals surface area (Å²) in [4.78, 5) is 26.0. The lowest BCUT2D eigenvalue weighted by molar-refractivity contribution is -0.137. The van der Waals surface area contributed by atoms with Crippen LogP contribution in [-0.4, -0.2) is 36.9 Å². The lowest BCUT2D eigenvalue weighted by atomic mass is 10.1. The number of carbonyl (C=O) groups excluding carboxylic acids is 2. The van der Waals surface area contributed by atoms with Crippen LogP contribution in [0.2, 0.25) is 0 Å². The normalized spacial score (nSPS) is 11.1. The highest BCUT2D eigenvalue weighted by molar-refractivity contribution is 5.95. The van der Waals surface area contributed by atoms with Crippen molar-refractivity contribution in [3.63, 3.8) is 0 Å². The van der Waals surface area contributed by atoms with E-state index in [-0.39, 0.29) is 31.1 Å². The van der Waals surface area contributed by atoms with Crippen molar-refractivity contribution in [2.24, 2.45) is 0 Å². The first-order valence-electron chi connectivity index (χ1n) is 9.11. The molecular formula is C21H23F3N2O3. The third-order valence-electron chi connectivity index (χ3n) is 4.36. The molecule has 0 aliphatic rings. The van der Waals surface area contributed by atoms with Gasteiger partial charge in [0.1, 0.15) is 5.75 Å². The van der Waals surface area contributed by atoms with Crippen molar-refractivity contribution >= 4 is 17.5 Å². The van der Waals surface area contributed by atoms with Gasteiger partial charge in [0.05, 0.1) is 24.9 Å². The van der Waals surface area contributed by atoms with E-state index in [1.807, 2.05) is 12.1 Å². The van der Waals surface area contributed by atoms with Gasteiger partial charge in [0.15, 0.2) is 0 Å². The zero-order chi connectivity index (χ0) is 21.4. The van der Waals surface area contributed by atoms with E-state index in [1.165, 1.54) is 23.1 Å². The number of carbonyl (C=O) groups is 2. The minimum Gasteiger partial charge on any atom is -0.497 e. The number of rotatable bonds is 8. The van der Waals surface area contributed by atoms with Crippen molar-refractivity contribution in [2.45, 2.75) is 25.9 Å². The van der Waals surface area contributed by atoms with Crippen LogP contribution in [0.5, 0.6) is 5.75 Å². The SMILES string of the molecule is CCN(CC(=O)Nc1ccccc1C(F)(F)F)C(=O)CCc1ccc(OC)cc1. The molecule has 8 heteroatoms. The van der Waals surface area contributed by atoms with Crippen LogP contribution in [0, 0.1) is 0 Å². The molecule has 0 bridgehead atoms. The molecule has 0 saturated carbocycles. The standard InChI is InChI=1S/C21H23F3N2O3/c1-3-26(20(28)13-10-15-8-11-16(29-2)12-9-15)14-19(27)25-18-7-5-4-6-17(18)21(22,23)24/h4-9,11-12H,3,10,13-14H2,1-2H3,(H,25,27). The van der Waals surface area contributed by atoms with E-state index in [1.54, 1.807) is 26.2 Å². The van der Waals surface area contributed by atoms with Gasteiger partial charge in [0, 0.05) is 13.0 Å². The minimum atomic E-state index is -4.58. The Morgan fingerprint density at radius 3 is 2.31 bits per heavy atom. The predicted octanol–water partition coefficient (Wildman–Crippen LogP) is 4.13. The molecule has 0 aliphatic heterocycles. The molecule has 5 nitrogen and oxygen atoms in total. The van der Waals surface area contributed by atoms with Gasteiger partial charge in [0.25, 0.3) is 0 Å². The Morgan fingerprint density at radius 2 is 1.72 bits per heavy atom. The number of methoxy groups -OCH3 is 1. The highest BCUT2D eigenvalue weighted by atomic mass is 19.4. The highest BCUT2D eigenvalue weighted by Crippen LogP contribution is 2.34. The number of hydrogen-bond donors (Lipinski definition) is 1. The van der Waals surface area contributed by atoms with Crippen LogP contribution in [0.3, 0.4) is 0 Å². The van der Waals surface area contributed by atoms with Gasteiger partial charge in [0.2, 0.25) is 11.8 Å². The van der Waals surface area contributed by atoms with Crippen LogP contribution in [0.25, 0.3) is 0 Å². The molecular weight excluding hydrogens is 385 g/mol. The van der Waals surface area contributed by atoms with Crippen molar-refractivity contribution in [2.75, 3.05) is 25.5 Å². The summed E-state index contributed by atoms with van der Waals surface area (Å²) in [5.41, 5.74) is -0.312. The van der Waals surface area contributed by atoms with Crippen LogP contribution in [0.4, 0.5) is 18.9 Å². The summed E-state index contributed by atoms with van der Waals surface area (Å²) in [5.74, 6) is -0.213. The summed E-state index contributed by atoms with van der Waals surface area (Å²) in [7, 11) is 1.57. The summed E-state index contributed by atoms with van der Waals surface area (Å²) in [6.07, 6.45) is -3.91. The molecule has 1 N–H and O–H groups in total. The lowest BCUT2D eigenvalue weighted by Gasteiger charge is -2.21. The smallest absolute Gasteiger partial charge is 0.418 e. The van der Waals surface area contributed by atoms with E-state index < -0.39 is 17.6 Å². The molecule has 0 atom stereocenters. The first kappa shape index (κ1) is 22.3. The molecule has 29 heavy (non-hydrogen) atoms. The summed E-state index contributed by atoms with van der Waals surface area (Å²) in [5, 5.41) is 2.26. The molecule has 0 unspecified atom stereocenters. The van der Waals surface area contributed by atoms with Crippen LogP contribution in [0.15, 0.2) is 48.5 Å². The Morgan fingerprint density at radius 1 is 1.07 bits per heavy atom. The van der Waals surface area contributed by atoms with Gasteiger partial charge in [-0.2, -0.15) is 13.2 Å². The maximum absolute atomic E-state index is 13.0. The molecule has 2 amide bonds. The Bertz CT molecular complexity index is 836. The second kappa shape index (κ2) is 9.95. The zero-order valence-electron chi connectivity index (χ0n) is 16.3. The molecule has 2 aromatic rings. The van der Waals surface area contributed by atoms with Gasteiger partial charge in [-0.1, -0.05) is 24.3 Å². The highest BCUT2D eigenvalue weighted by Gasteiger charge is 2.33. The average Bonchev–Trinajstić information content (AvgIpc) is 2.70. The zero-order valence-corrected chi connectivity index (χ0v) is 16.3. The monoisotopic (exact) mass is 408 g/mol. The number of aryl methyl sites for hydroxylation is 1. The van der Waals surface area contributed by atoms with Crippen LogP contribution >= 0.6 is 0 Å². The second-order valence-electron chi connectivity index (χ2n) is 6.35. The summed E-state index contributed by atoms with van der Waals surface area (Å²) >= 11 is 0. The Labute approximate surface area is 167 Å². The van der Waals surface area contributed by atoms with E-state index >= 15 is 0 Å². The number of nitrogens with zero attached hydrogens (tertiary/aromatic N) is 1. The Balaban J connectivity index is 1.94. The van der Waals surface area contributed by atoms with E-state index in [4.69, 9.17) is 4.74 Å². The molecule has 0 radical (unpaired) electrons. The predicted molar refractivity (Wildman–Crippen MR) is 104 cm³/mol. The summed E-state index contributed by atoms with van der Waals surface area (Å²) < 4.78 is 44.2. The summed E-state index contributed by atoms with van der Waals surface area (Å²) in [6, 6.07) is 12.0. The van der Waals surface area contributed by atoms with Crippen LogP contribution in [0.1, 0.15) is 24.5 Å². The maximum atomic E-state index is 13.0. The molecule has 156 valence electrons. The first-order chi connectivity index (χ1) is 13.7. The van der Waals surface area contributed by atoms with Gasteiger partial charge in [-0.3, -0.25) is 9.59 Å². The number of benzene rings is 2. The molecule has 0 saturated heterocycles. The molecule has 0 heterocycles. The van der Waals surface area contributed by atoms with E-state index in [0.717, 1.165) is 11.6 Å². The number of halogens is 3. The maximum Gasteiger partial charge on any atom is 0.418 e. The van der Waals surface area contributed by atoms with Crippen molar-refractivity contribution < 1.29 is 27.5 Å². The number of ether oxygens (including phenoxy) is 1. The van der Waals surface area contributed by atoms with Gasteiger partial charge < -0.3 is 15.0 Å². The first-order valence-corrected chi connectivity index (χ1v) is 9.11.